The van der Waals surface area contributed by atoms with E-state index in [2.05, 4.69) is 16.8 Å². The predicted octanol–water partition coefficient (Wildman–Crippen LogP) is 2.55. The fraction of sp³-hybridized carbons (Fsp3) is 0.700. The molecule has 5 heteroatoms. The molecule has 0 spiro atoms. The number of rotatable bonds is 4. The standard InChI is InChI=1S/C20H29N3O2/c1-13-6-7-18(13)23-11-15-4-3-5-16(12-23)20(15,25-2)14-8-9-22-17(10-14)19(21)24/h8-10,13,15-16,18H,3-7,11-12H2,1-2H3,(H2,21,24)/t13-,15?,16?,18-,20?/m0/s1. The molecule has 2 N–H and O–H groups in total. The highest BCUT2D eigenvalue weighted by atomic mass is 16.5. The molecule has 4 atom stereocenters. The SMILES string of the molecule is COC1(c2ccnc(C(N)=O)c2)C2CCCC1CN([C@H]1CC[C@@H]1C)C2. The number of aromatic nitrogens is 1. The molecule has 136 valence electrons. The van der Waals surface area contributed by atoms with Crippen LogP contribution in [0.25, 0.3) is 0 Å². The average molecular weight is 343 g/mol. The second-order valence-electron chi connectivity index (χ2n) is 8.19. The lowest BCUT2D eigenvalue weighted by molar-refractivity contribution is -0.181. The molecule has 2 saturated carbocycles. The Hall–Kier alpha value is -1.46. The molecule has 1 aliphatic heterocycles. The first kappa shape index (κ1) is 17.0. The van der Waals surface area contributed by atoms with Gasteiger partial charge in [-0.05, 0) is 49.3 Å². The number of carbonyl (C=O) groups excluding carboxylic acids is 1. The molecular weight excluding hydrogens is 314 g/mol. The van der Waals surface area contributed by atoms with Gasteiger partial charge in [0, 0.05) is 44.3 Å². The van der Waals surface area contributed by atoms with Crippen LogP contribution < -0.4 is 5.73 Å². The Balaban J connectivity index is 1.69. The van der Waals surface area contributed by atoms with Gasteiger partial charge in [-0.15, -0.1) is 0 Å². The maximum absolute atomic E-state index is 11.6. The van der Waals surface area contributed by atoms with E-state index in [1.807, 2.05) is 19.2 Å². The minimum atomic E-state index is -0.473. The van der Waals surface area contributed by atoms with Gasteiger partial charge in [-0.25, -0.2) is 0 Å². The Kier molecular flexibility index (Phi) is 4.32. The number of nitrogens with two attached hydrogens (primary N) is 1. The average Bonchev–Trinajstić information content (AvgIpc) is 2.59. The third-order valence-corrected chi connectivity index (χ3v) is 7.07. The molecule has 1 aromatic heterocycles. The number of amides is 1. The molecular formula is C20H29N3O2. The third kappa shape index (κ3) is 2.59. The van der Waals surface area contributed by atoms with Gasteiger partial charge in [0.1, 0.15) is 11.3 Å². The molecule has 3 fully saturated rings. The molecule has 2 heterocycles. The van der Waals surface area contributed by atoms with Crippen molar-refractivity contribution in [2.24, 2.45) is 23.5 Å². The number of piperidine rings is 1. The number of ether oxygens (including phenoxy) is 1. The van der Waals surface area contributed by atoms with Crippen molar-refractivity contribution >= 4 is 5.91 Å². The number of likely N-dealkylation sites (tertiary alicyclic amines) is 1. The maximum Gasteiger partial charge on any atom is 0.267 e. The van der Waals surface area contributed by atoms with Crippen LogP contribution in [-0.2, 0) is 10.3 Å². The number of fused-ring (bicyclic) bond motifs is 2. The summed E-state index contributed by atoms with van der Waals surface area (Å²) >= 11 is 0. The van der Waals surface area contributed by atoms with Gasteiger partial charge in [-0.1, -0.05) is 13.3 Å². The Morgan fingerprint density at radius 1 is 1.28 bits per heavy atom. The van der Waals surface area contributed by atoms with Gasteiger partial charge in [-0.2, -0.15) is 0 Å². The number of hydrogen-bond acceptors (Lipinski definition) is 4. The monoisotopic (exact) mass is 343 g/mol. The smallest absolute Gasteiger partial charge is 0.267 e. The van der Waals surface area contributed by atoms with Crippen LogP contribution in [0, 0.1) is 17.8 Å². The van der Waals surface area contributed by atoms with E-state index in [1.54, 1.807) is 6.20 Å². The highest BCUT2D eigenvalue weighted by molar-refractivity contribution is 5.90. The van der Waals surface area contributed by atoms with Gasteiger partial charge in [0.15, 0.2) is 0 Å². The van der Waals surface area contributed by atoms with Crippen LogP contribution in [0.4, 0.5) is 0 Å². The minimum Gasteiger partial charge on any atom is -0.373 e. The number of methoxy groups -OCH3 is 1. The highest BCUT2D eigenvalue weighted by Crippen LogP contribution is 2.52. The fourth-order valence-electron chi connectivity index (χ4n) is 5.66. The molecule has 1 aromatic rings. The van der Waals surface area contributed by atoms with Gasteiger partial charge in [0.05, 0.1) is 0 Å². The van der Waals surface area contributed by atoms with Crippen molar-refractivity contribution < 1.29 is 9.53 Å². The molecule has 1 saturated heterocycles. The van der Waals surface area contributed by atoms with E-state index in [-0.39, 0.29) is 5.60 Å². The van der Waals surface area contributed by atoms with E-state index in [4.69, 9.17) is 10.5 Å². The Morgan fingerprint density at radius 3 is 2.52 bits per heavy atom. The highest BCUT2D eigenvalue weighted by Gasteiger charge is 2.54. The first-order valence-electron chi connectivity index (χ1n) is 9.61. The zero-order chi connectivity index (χ0) is 17.6. The van der Waals surface area contributed by atoms with E-state index < -0.39 is 5.91 Å². The topological polar surface area (TPSA) is 68.5 Å². The normalized spacial score (nSPS) is 38.2. The van der Waals surface area contributed by atoms with E-state index >= 15 is 0 Å². The van der Waals surface area contributed by atoms with Crippen molar-refractivity contribution in [3.05, 3.63) is 29.6 Å². The molecule has 5 nitrogen and oxygen atoms in total. The number of hydrogen-bond donors (Lipinski definition) is 1. The number of primary amides is 1. The number of carbonyl (C=O) groups is 1. The summed E-state index contributed by atoms with van der Waals surface area (Å²) in [6.45, 7) is 4.56. The number of pyridine rings is 1. The van der Waals surface area contributed by atoms with E-state index in [1.165, 1.54) is 32.1 Å². The maximum atomic E-state index is 11.6. The third-order valence-electron chi connectivity index (χ3n) is 7.07. The first-order valence-corrected chi connectivity index (χ1v) is 9.61. The largest absolute Gasteiger partial charge is 0.373 e. The first-order chi connectivity index (χ1) is 12.1. The van der Waals surface area contributed by atoms with Crippen molar-refractivity contribution in [3.8, 4) is 0 Å². The second-order valence-corrected chi connectivity index (χ2v) is 8.19. The van der Waals surface area contributed by atoms with Gasteiger partial charge in [-0.3, -0.25) is 14.7 Å². The Bertz CT molecular complexity index is 648. The summed E-state index contributed by atoms with van der Waals surface area (Å²) in [5.41, 5.74) is 6.57. The zero-order valence-electron chi connectivity index (χ0n) is 15.3. The Morgan fingerprint density at radius 2 is 2.00 bits per heavy atom. The van der Waals surface area contributed by atoms with Crippen molar-refractivity contribution in [2.75, 3.05) is 20.2 Å². The van der Waals surface area contributed by atoms with Crippen molar-refractivity contribution in [1.82, 2.24) is 9.88 Å². The summed E-state index contributed by atoms with van der Waals surface area (Å²) in [5.74, 6) is 1.26. The van der Waals surface area contributed by atoms with E-state index in [0.29, 0.717) is 17.5 Å². The molecule has 2 bridgehead atoms. The molecule has 2 aliphatic carbocycles. The summed E-state index contributed by atoms with van der Waals surface area (Å²) in [6, 6.07) is 4.62. The predicted molar refractivity (Wildman–Crippen MR) is 96.0 cm³/mol. The van der Waals surface area contributed by atoms with Crippen molar-refractivity contribution in [1.29, 1.82) is 0 Å². The summed E-state index contributed by atoms with van der Waals surface area (Å²) in [7, 11) is 1.83. The summed E-state index contributed by atoms with van der Waals surface area (Å²) in [4.78, 5) is 18.5. The molecule has 4 rings (SSSR count). The van der Waals surface area contributed by atoms with Crippen molar-refractivity contribution in [2.45, 2.75) is 50.7 Å². The van der Waals surface area contributed by atoms with Crippen LogP contribution in [0.5, 0.6) is 0 Å². The van der Waals surface area contributed by atoms with Crippen molar-refractivity contribution in [3.63, 3.8) is 0 Å². The van der Waals surface area contributed by atoms with Gasteiger partial charge < -0.3 is 10.5 Å². The molecule has 2 unspecified atom stereocenters. The van der Waals surface area contributed by atoms with Crippen LogP contribution >= 0.6 is 0 Å². The van der Waals surface area contributed by atoms with Crippen LogP contribution in [0.15, 0.2) is 18.3 Å². The number of nitrogens with zero attached hydrogens (tertiary/aromatic N) is 2. The van der Waals surface area contributed by atoms with E-state index in [0.717, 1.165) is 30.6 Å². The van der Waals surface area contributed by atoms with Crippen LogP contribution in [-0.4, -0.2) is 42.0 Å². The molecule has 0 aromatic carbocycles. The summed E-state index contributed by atoms with van der Waals surface area (Å²) in [6.07, 6.45) is 8.01. The van der Waals surface area contributed by atoms with Gasteiger partial charge in [0.2, 0.25) is 0 Å². The second kappa shape index (κ2) is 6.36. The van der Waals surface area contributed by atoms with E-state index in [9.17, 15) is 4.79 Å². The fourth-order valence-corrected chi connectivity index (χ4v) is 5.66. The van der Waals surface area contributed by atoms with Crippen LogP contribution in [0.2, 0.25) is 0 Å². The Labute approximate surface area is 149 Å². The zero-order valence-corrected chi connectivity index (χ0v) is 15.3. The summed E-state index contributed by atoms with van der Waals surface area (Å²) < 4.78 is 6.27. The van der Waals surface area contributed by atoms with Crippen LogP contribution in [0.3, 0.4) is 0 Å². The quantitative estimate of drug-likeness (QED) is 0.912. The summed E-state index contributed by atoms with van der Waals surface area (Å²) in [5, 5.41) is 0. The molecule has 25 heavy (non-hydrogen) atoms. The molecule has 0 radical (unpaired) electrons. The molecule has 3 aliphatic rings. The lowest BCUT2D eigenvalue weighted by Crippen LogP contribution is -2.62. The van der Waals surface area contributed by atoms with Gasteiger partial charge in [0.25, 0.3) is 5.91 Å². The molecule has 1 amide bonds. The van der Waals surface area contributed by atoms with Crippen LogP contribution in [0.1, 0.15) is 55.1 Å². The lowest BCUT2D eigenvalue weighted by atomic mass is 9.61. The minimum absolute atomic E-state index is 0.311. The van der Waals surface area contributed by atoms with Gasteiger partial charge >= 0.3 is 0 Å². The lowest BCUT2D eigenvalue weighted by Gasteiger charge is -2.58.